The highest BCUT2D eigenvalue weighted by Crippen LogP contribution is 2.12. The van der Waals surface area contributed by atoms with Gasteiger partial charge in [-0.1, -0.05) is 22.8 Å². The SMILES string of the molecule is Cc1cc(Cl)cnc1C=CCN=[N+]=[N-]. The Morgan fingerprint density at radius 3 is 3.14 bits per heavy atom. The van der Waals surface area contributed by atoms with Gasteiger partial charge in [0, 0.05) is 17.7 Å². The summed E-state index contributed by atoms with van der Waals surface area (Å²) in [5, 5.41) is 3.99. The Bertz CT molecular complexity index is 394. The van der Waals surface area contributed by atoms with Crippen LogP contribution in [0.1, 0.15) is 11.3 Å². The van der Waals surface area contributed by atoms with Gasteiger partial charge in [0.2, 0.25) is 0 Å². The second-order valence-corrected chi connectivity index (χ2v) is 3.11. The standard InChI is InChI=1S/C9H9ClN4/c1-7-5-8(10)6-12-9(7)3-2-4-13-14-11/h2-3,5-6H,4H2,1H3. The zero-order valence-corrected chi connectivity index (χ0v) is 8.44. The van der Waals surface area contributed by atoms with Gasteiger partial charge >= 0.3 is 0 Å². The van der Waals surface area contributed by atoms with Gasteiger partial charge in [-0.25, -0.2) is 0 Å². The smallest absolute Gasteiger partial charge is 0.0656 e. The fraction of sp³-hybridized carbons (Fsp3) is 0.222. The van der Waals surface area contributed by atoms with Crippen LogP contribution in [0.5, 0.6) is 0 Å². The van der Waals surface area contributed by atoms with Crippen LogP contribution in [0, 0.1) is 6.92 Å². The zero-order valence-electron chi connectivity index (χ0n) is 7.68. The number of azide groups is 1. The summed E-state index contributed by atoms with van der Waals surface area (Å²) in [5.74, 6) is 0. The quantitative estimate of drug-likeness (QED) is 0.427. The van der Waals surface area contributed by atoms with Gasteiger partial charge in [0.25, 0.3) is 0 Å². The third kappa shape index (κ3) is 3.09. The molecule has 1 heterocycles. The molecular weight excluding hydrogens is 200 g/mol. The van der Waals surface area contributed by atoms with Crippen molar-refractivity contribution < 1.29 is 0 Å². The number of hydrogen-bond donors (Lipinski definition) is 0. The van der Waals surface area contributed by atoms with Crippen molar-refractivity contribution in [2.75, 3.05) is 6.54 Å². The summed E-state index contributed by atoms with van der Waals surface area (Å²) in [7, 11) is 0. The van der Waals surface area contributed by atoms with Crippen LogP contribution in [0.3, 0.4) is 0 Å². The van der Waals surface area contributed by atoms with Crippen molar-refractivity contribution in [2.45, 2.75) is 6.92 Å². The molecule has 0 aliphatic heterocycles. The molecule has 0 radical (unpaired) electrons. The number of halogens is 1. The molecule has 0 spiro atoms. The molecule has 0 fully saturated rings. The molecule has 4 nitrogen and oxygen atoms in total. The largest absolute Gasteiger partial charge is 0.255 e. The van der Waals surface area contributed by atoms with Crippen LogP contribution >= 0.6 is 11.6 Å². The van der Waals surface area contributed by atoms with Crippen molar-refractivity contribution in [2.24, 2.45) is 5.11 Å². The Morgan fingerprint density at radius 2 is 2.50 bits per heavy atom. The molecule has 72 valence electrons. The molecule has 0 aromatic carbocycles. The lowest BCUT2D eigenvalue weighted by Crippen LogP contribution is -1.85. The van der Waals surface area contributed by atoms with Crippen molar-refractivity contribution in [3.63, 3.8) is 0 Å². The average molecular weight is 209 g/mol. The summed E-state index contributed by atoms with van der Waals surface area (Å²) in [6.45, 7) is 2.26. The first-order chi connectivity index (χ1) is 6.74. The molecule has 0 bridgehead atoms. The topological polar surface area (TPSA) is 61.7 Å². The van der Waals surface area contributed by atoms with E-state index >= 15 is 0 Å². The van der Waals surface area contributed by atoms with E-state index < -0.39 is 0 Å². The molecule has 14 heavy (non-hydrogen) atoms. The van der Waals surface area contributed by atoms with E-state index in [4.69, 9.17) is 17.1 Å². The van der Waals surface area contributed by atoms with Gasteiger partial charge in [-0.2, -0.15) is 0 Å². The molecule has 1 aromatic heterocycles. The molecule has 0 saturated heterocycles. The minimum absolute atomic E-state index is 0.334. The molecular formula is C9H9ClN4. The van der Waals surface area contributed by atoms with Gasteiger partial charge in [-0.3, -0.25) is 4.98 Å². The van der Waals surface area contributed by atoms with E-state index in [9.17, 15) is 0 Å². The third-order valence-electron chi connectivity index (χ3n) is 1.61. The summed E-state index contributed by atoms with van der Waals surface area (Å²) >= 11 is 5.75. The highest BCUT2D eigenvalue weighted by atomic mass is 35.5. The van der Waals surface area contributed by atoms with E-state index in [1.54, 1.807) is 18.3 Å². The number of hydrogen-bond acceptors (Lipinski definition) is 2. The summed E-state index contributed by atoms with van der Waals surface area (Å²) < 4.78 is 0. The van der Waals surface area contributed by atoms with E-state index in [-0.39, 0.29) is 0 Å². The molecule has 5 heteroatoms. The fourth-order valence-corrected chi connectivity index (χ4v) is 1.19. The summed E-state index contributed by atoms with van der Waals surface area (Å²) in [6, 6.07) is 1.84. The van der Waals surface area contributed by atoms with Gasteiger partial charge in [0.1, 0.15) is 0 Å². The van der Waals surface area contributed by atoms with Crippen LogP contribution in [-0.2, 0) is 0 Å². The first-order valence-corrected chi connectivity index (χ1v) is 4.41. The molecule has 1 rings (SSSR count). The van der Waals surface area contributed by atoms with Gasteiger partial charge in [0.05, 0.1) is 10.7 Å². The second kappa shape index (κ2) is 5.27. The lowest BCUT2D eigenvalue weighted by atomic mass is 10.2. The fourth-order valence-electron chi connectivity index (χ4n) is 0.974. The number of rotatable bonds is 3. The van der Waals surface area contributed by atoms with Crippen LogP contribution in [0.15, 0.2) is 23.5 Å². The van der Waals surface area contributed by atoms with Gasteiger partial charge < -0.3 is 0 Å². The van der Waals surface area contributed by atoms with Crippen molar-refractivity contribution >= 4 is 17.7 Å². The first kappa shape index (κ1) is 10.6. The van der Waals surface area contributed by atoms with Crippen LogP contribution in [-0.4, -0.2) is 11.5 Å². The van der Waals surface area contributed by atoms with E-state index in [1.165, 1.54) is 0 Å². The van der Waals surface area contributed by atoms with E-state index in [2.05, 4.69) is 15.0 Å². The molecule has 1 aromatic rings. The molecule has 0 saturated carbocycles. The Hall–Kier alpha value is -1.51. The molecule has 0 amide bonds. The summed E-state index contributed by atoms with van der Waals surface area (Å²) in [6.07, 6.45) is 5.14. The van der Waals surface area contributed by atoms with Crippen molar-refractivity contribution in [3.8, 4) is 0 Å². The van der Waals surface area contributed by atoms with E-state index in [0.29, 0.717) is 11.6 Å². The Balaban J connectivity index is 2.76. The van der Waals surface area contributed by atoms with Crippen LogP contribution in [0.4, 0.5) is 0 Å². The van der Waals surface area contributed by atoms with Crippen LogP contribution in [0.25, 0.3) is 16.5 Å². The minimum Gasteiger partial charge on any atom is -0.255 e. The number of nitrogens with zero attached hydrogens (tertiary/aromatic N) is 4. The Labute approximate surface area is 86.9 Å². The minimum atomic E-state index is 0.334. The maximum atomic E-state index is 8.05. The monoisotopic (exact) mass is 208 g/mol. The predicted octanol–water partition coefficient (Wildman–Crippen LogP) is 3.37. The summed E-state index contributed by atoms with van der Waals surface area (Å²) in [5.41, 5.74) is 9.88. The van der Waals surface area contributed by atoms with E-state index in [1.807, 2.05) is 13.0 Å². The van der Waals surface area contributed by atoms with Gasteiger partial charge in [-0.05, 0) is 30.2 Å². The maximum absolute atomic E-state index is 8.05. The predicted molar refractivity (Wildman–Crippen MR) is 57.0 cm³/mol. The van der Waals surface area contributed by atoms with Gasteiger partial charge in [-0.15, -0.1) is 0 Å². The van der Waals surface area contributed by atoms with Crippen LogP contribution in [0.2, 0.25) is 5.02 Å². The van der Waals surface area contributed by atoms with Crippen LogP contribution < -0.4 is 0 Å². The number of pyridine rings is 1. The third-order valence-corrected chi connectivity index (χ3v) is 1.82. The average Bonchev–Trinajstić information content (AvgIpc) is 2.15. The normalized spacial score (nSPS) is 10.1. The first-order valence-electron chi connectivity index (χ1n) is 4.03. The highest BCUT2D eigenvalue weighted by Gasteiger charge is 1.95. The Morgan fingerprint density at radius 1 is 1.71 bits per heavy atom. The molecule has 0 N–H and O–H groups in total. The molecule has 0 aliphatic rings. The van der Waals surface area contributed by atoms with Crippen molar-refractivity contribution in [1.29, 1.82) is 0 Å². The summed E-state index contributed by atoms with van der Waals surface area (Å²) in [4.78, 5) is 6.76. The molecule has 0 unspecified atom stereocenters. The number of aromatic nitrogens is 1. The van der Waals surface area contributed by atoms with Crippen molar-refractivity contribution in [3.05, 3.63) is 45.1 Å². The molecule has 0 aliphatic carbocycles. The van der Waals surface area contributed by atoms with Crippen molar-refractivity contribution in [1.82, 2.24) is 4.98 Å². The zero-order chi connectivity index (χ0) is 10.4. The Kier molecular flexibility index (Phi) is 3.98. The lowest BCUT2D eigenvalue weighted by molar-refractivity contribution is 1.20. The van der Waals surface area contributed by atoms with E-state index in [0.717, 1.165) is 11.3 Å². The van der Waals surface area contributed by atoms with Gasteiger partial charge in [0.15, 0.2) is 0 Å². The number of aryl methyl sites for hydroxylation is 1. The molecule has 0 atom stereocenters. The highest BCUT2D eigenvalue weighted by molar-refractivity contribution is 6.30. The lowest BCUT2D eigenvalue weighted by Gasteiger charge is -1.98. The second-order valence-electron chi connectivity index (χ2n) is 2.67. The maximum Gasteiger partial charge on any atom is 0.0656 e.